The van der Waals surface area contributed by atoms with Crippen LogP contribution in [0.4, 0.5) is 14.5 Å². The standard InChI is InChI=1S/C17H16Cl2F2N2OS/c1-23(9-11-2-3-12(18)8-15(11)19)10-16(24)22-13-4-6-14(7-5-13)25-17(20)21/h2-8,17H,9-10H2,1H3,(H,22,24). The number of halogens is 4. The second-order valence-electron chi connectivity index (χ2n) is 5.36. The molecule has 2 aromatic carbocycles. The summed E-state index contributed by atoms with van der Waals surface area (Å²) in [6, 6.07) is 11.5. The van der Waals surface area contributed by atoms with Crippen LogP contribution in [-0.2, 0) is 11.3 Å². The van der Waals surface area contributed by atoms with Crippen molar-refractivity contribution in [3.63, 3.8) is 0 Å². The molecule has 0 radical (unpaired) electrons. The summed E-state index contributed by atoms with van der Waals surface area (Å²) >= 11 is 12.4. The maximum atomic E-state index is 12.3. The fourth-order valence-corrected chi connectivity index (χ4v) is 3.13. The molecular weight excluding hydrogens is 389 g/mol. The van der Waals surface area contributed by atoms with Gasteiger partial charge in [-0.3, -0.25) is 9.69 Å². The molecule has 1 N–H and O–H groups in total. The van der Waals surface area contributed by atoms with E-state index in [1.807, 2.05) is 11.0 Å². The Morgan fingerprint density at radius 1 is 1.20 bits per heavy atom. The Morgan fingerprint density at radius 2 is 1.88 bits per heavy atom. The first-order valence-corrected chi connectivity index (χ1v) is 8.94. The predicted molar refractivity (Wildman–Crippen MR) is 99.7 cm³/mol. The molecule has 134 valence electrons. The number of alkyl halides is 2. The maximum absolute atomic E-state index is 12.3. The van der Waals surface area contributed by atoms with Gasteiger partial charge in [0.2, 0.25) is 5.91 Å². The van der Waals surface area contributed by atoms with Crippen LogP contribution < -0.4 is 5.32 Å². The highest BCUT2D eigenvalue weighted by Gasteiger charge is 2.10. The van der Waals surface area contributed by atoms with E-state index in [4.69, 9.17) is 23.2 Å². The van der Waals surface area contributed by atoms with Crippen LogP contribution in [0.25, 0.3) is 0 Å². The molecule has 3 nitrogen and oxygen atoms in total. The number of hydrogen-bond acceptors (Lipinski definition) is 3. The first-order valence-electron chi connectivity index (χ1n) is 7.30. The molecule has 2 rings (SSSR count). The van der Waals surface area contributed by atoms with E-state index in [0.717, 1.165) is 5.56 Å². The van der Waals surface area contributed by atoms with Gasteiger partial charge < -0.3 is 5.32 Å². The van der Waals surface area contributed by atoms with Crippen LogP contribution in [0.1, 0.15) is 5.56 Å². The first-order chi connectivity index (χ1) is 11.8. The van der Waals surface area contributed by atoms with Gasteiger partial charge in [-0.15, -0.1) is 0 Å². The predicted octanol–water partition coefficient (Wildman–Crippen LogP) is 5.38. The van der Waals surface area contributed by atoms with Crippen molar-refractivity contribution in [2.45, 2.75) is 17.2 Å². The van der Waals surface area contributed by atoms with Crippen molar-refractivity contribution in [2.24, 2.45) is 0 Å². The Bertz CT molecular complexity index is 729. The third-order valence-electron chi connectivity index (χ3n) is 3.23. The summed E-state index contributed by atoms with van der Waals surface area (Å²) in [7, 11) is 1.80. The van der Waals surface area contributed by atoms with E-state index in [0.29, 0.717) is 38.9 Å². The van der Waals surface area contributed by atoms with Crippen LogP contribution in [0.2, 0.25) is 10.0 Å². The molecule has 0 aliphatic carbocycles. The van der Waals surface area contributed by atoms with E-state index < -0.39 is 5.76 Å². The number of amides is 1. The van der Waals surface area contributed by atoms with E-state index in [-0.39, 0.29) is 12.5 Å². The van der Waals surface area contributed by atoms with Gasteiger partial charge in [-0.25, -0.2) is 0 Å². The molecule has 0 unspecified atom stereocenters. The molecular formula is C17H16Cl2F2N2OS. The Kier molecular flexibility index (Phi) is 7.50. The molecule has 2 aromatic rings. The van der Waals surface area contributed by atoms with Crippen LogP contribution >= 0.6 is 35.0 Å². The van der Waals surface area contributed by atoms with Gasteiger partial charge in [0.1, 0.15) is 0 Å². The van der Waals surface area contributed by atoms with Crippen LogP contribution in [-0.4, -0.2) is 30.2 Å². The highest BCUT2D eigenvalue weighted by atomic mass is 35.5. The molecule has 0 heterocycles. The van der Waals surface area contributed by atoms with Crippen molar-refractivity contribution < 1.29 is 13.6 Å². The number of nitrogens with one attached hydrogen (secondary N) is 1. The fourth-order valence-electron chi connectivity index (χ4n) is 2.16. The number of benzene rings is 2. The Hall–Kier alpha value is -1.34. The van der Waals surface area contributed by atoms with Crippen LogP contribution in [0.3, 0.4) is 0 Å². The Labute approximate surface area is 159 Å². The second-order valence-corrected chi connectivity index (χ2v) is 7.27. The van der Waals surface area contributed by atoms with Gasteiger partial charge in [-0.1, -0.05) is 41.0 Å². The van der Waals surface area contributed by atoms with Crippen molar-refractivity contribution >= 4 is 46.6 Å². The lowest BCUT2D eigenvalue weighted by Crippen LogP contribution is -2.29. The van der Waals surface area contributed by atoms with Crippen molar-refractivity contribution in [1.29, 1.82) is 0 Å². The van der Waals surface area contributed by atoms with E-state index in [9.17, 15) is 13.6 Å². The third-order valence-corrected chi connectivity index (χ3v) is 4.54. The van der Waals surface area contributed by atoms with Gasteiger partial charge >= 0.3 is 0 Å². The van der Waals surface area contributed by atoms with Gasteiger partial charge in [0.25, 0.3) is 5.76 Å². The molecule has 25 heavy (non-hydrogen) atoms. The monoisotopic (exact) mass is 404 g/mol. The number of carbonyl (C=O) groups excluding carboxylic acids is 1. The van der Waals surface area contributed by atoms with E-state index in [1.165, 1.54) is 0 Å². The Morgan fingerprint density at radius 3 is 2.48 bits per heavy atom. The van der Waals surface area contributed by atoms with E-state index in [2.05, 4.69) is 5.32 Å². The summed E-state index contributed by atoms with van der Waals surface area (Å²) < 4.78 is 24.6. The SMILES string of the molecule is CN(CC(=O)Nc1ccc(SC(F)F)cc1)Cc1ccc(Cl)cc1Cl. The largest absolute Gasteiger partial charge is 0.325 e. The van der Waals surface area contributed by atoms with Gasteiger partial charge in [-0.2, -0.15) is 8.78 Å². The molecule has 0 fully saturated rings. The van der Waals surface area contributed by atoms with Gasteiger partial charge in [0.15, 0.2) is 0 Å². The number of nitrogens with zero attached hydrogens (tertiary/aromatic N) is 1. The van der Waals surface area contributed by atoms with Crippen molar-refractivity contribution in [3.05, 3.63) is 58.1 Å². The topological polar surface area (TPSA) is 32.3 Å². The molecule has 0 aliphatic heterocycles. The molecule has 8 heteroatoms. The van der Waals surface area contributed by atoms with Crippen LogP contribution in [0, 0.1) is 0 Å². The lowest BCUT2D eigenvalue weighted by Gasteiger charge is -2.17. The third kappa shape index (κ3) is 6.82. The highest BCUT2D eigenvalue weighted by Crippen LogP contribution is 2.26. The molecule has 0 aliphatic rings. The van der Waals surface area contributed by atoms with Crippen molar-refractivity contribution in [3.8, 4) is 0 Å². The zero-order valence-corrected chi connectivity index (χ0v) is 15.6. The molecule has 0 bridgehead atoms. The van der Waals surface area contributed by atoms with Crippen LogP contribution in [0.15, 0.2) is 47.4 Å². The zero-order chi connectivity index (χ0) is 18.4. The maximum Gasteiger partial charge on any atom is 0.288 e. The second kappa shape index (κ2) is 9.38. The number of hydrogen-bond donors (Lipinski definition) is 1. The molecule has 0 saturated carbocycles. The van der Waals surface area contributed by atoms with E-state index >= 15 is 0 Å². The number of carbonyl (C=O) groups is 1. The lowest BCUT2D eigenvalue weighted by atomic mass is 10.2. The minimum Gasteiger partial charge on any atom is -0.325 e. The fraction of sp³-hybridized carbons (Fsp3) is 0.235. The highest BCUT2D eigenvalue weighted by molar-refractivity contribution is 7.99. The molecule has 0 atom stereocenters. The lowest BCUT2D eigenvalue weighted by molar-refractivity contribution is -0.117. The zero-order valence-electron chi connectivity index (χ0n) is 13.3. The summed E-state index contributed by atoms with van der Waals surface area (Å²) in [6.07, 6.45) is 0. The van der Waals surface area contributed by atoms with Crippen molar-refractivity contribution in [1.82, 2.24) is 4.90 Å². The first kappa shape index (κ1) is 20.0. The summed E-state index contributed by atoms with van der Waals surface area (Å²) in [4.78, 5) is 14.3. The van der Waals surface area contributed by atoms with Crippen LogP contribution in [0.5, 0.6) is 0 Å². The number of rotatable bonds is 7. The molecule has 1 amide bonds. The van der Waals surface area contributed by atoms with Gasteiger partial charge in [0, 0.05) is 27.2 Å². The quantitative estimate of drug-likeness (QED) is 0.628. The van der Waals surface area contributed by atoms with Crippen molar-refractivity contribution in [2.75, 3.05) is 18.9 Å². The van der Waals surface area contributed by atoms with E-state index in [1.54, 1.807) is 43.4 Å². The molecule has 0 aromatic heterocycles. The normalized spacial score (nSPS) is 11.2. The number of anilines is 1. The Balaban J connectivity index is 1.86. The smallest absolute Gasteiger partial charge is 0.288 e. The summed E-state index contributed by atoms with van der Waals surface area (Å²) in [5.74, 6) is -2.67. The summed E-state index contributed by atoms with van der Waals surface area (Å²) in [5.41, 5.74) is 1.43. The molecule has 0 saturated heterocycles. The average Bonchev–Trinajstić information content (AvgIpc) is 2.51. The number of likely N-dealkylation sites (N-methyl/N-ethyl adjacent to an activating group) is 1. The van der Waals surface area contributed by atoms with Gasteiger partial charge in [0.05, 0.1) is 6.54 Å². The minimum absolute atomic E-state index is 0.159. The summed E-state index contributed by atoms with van der Waals surface area (Å²) in [6.45, 7) is 0.653. The molecule has 0 spiro atoms. The number of thioether (sulfide) groups is 1. The van der Waals surface area contributed by atoms with Gasteiger partial charge in [-0.05, 0) is 49.0 Å². The summed E-state index contributed by atoms with van der Waals surface area (Å²) in [5, 5.41) is 3.84. The average molecular weight is 405 g/mol. The minimum atomic E-state index is -2.46.